The maximum absolute atomic E-state index is 13.0. The molecule has 0 N–H and O–H groups in total. The van der Waals surface area contributed by atoms with Gasteiger partial charge < -0.3 is 9.42 Å². The molecule has 3 aliphatic rings. The molecule has 6 rings (SSSR count). The summed E-state index contributed by atoms with van der Waals surface area (Å²) in [6.45, 7) is 3.35. The number of likely N-dealkylation sites (tertiary alicyclic amines) is 1. The van der Waals surface area contributed by atoms with Gasteiger partial charge in [-0.3, -0.25) is 4.79 Å². The highest BCUT2D eigenvalue weighted by molar-refractivity contribution is 14.1. The number of halogens is 1. The summed E-state index contributed by atoms with van der Waals surface area (Å²) >= 11 is 2.27. The molecule has 1 saturated carbocycles. The van der Waals surface area contributed by atoms with Crippen LogP contribution in [-0.4, -0.2) is 55.2 Å². The Morgan fingerprint density at radius 3 is 2.85 bits per heavy atom. The summed E-state index contributed by atoms with van der Waals surface area (Å²) in [6.07, 6.45) is 10.5. The quantitative estimate of drug-likeness (QED) is 0.437. The summed E-state index contributed by atoms with van der Waals surface area (Å²) in [6, 6.07) is 0.653. The number of likely N-dealkylation sites (N-methyl/N-ethyl adjacent to an activating group) is 1. The van der Waals surface area contributed by atoms with E-state index in [2.05, 4.69) is 56.3 Å². The number of Topliss-reactive ketones (excluding diaryl/α,β-unsaturated/α-hetero) is 1. The van der Waals surface area contributed by atoms with Gasteiger partial charge in [-0.2, -0.15) is 5.10 Å². The van der Waals surface area contributed by atoms with E-state index in [9.17, 15) is 4.79 Å². The molecular weight excluding hydrogens is 531 g/mol. The monoisotopic (exact) mass is 560 g/mol. The summed E-state index contributed by atoms with van der Waals surface area (Å²) < 4.78 is 8.89. The van der Waals surface area contributed by atoms with Crippen LogP contribution >= 0.6 is 22.6 Å². The van der Waals surface area contributed by atoms with Crippen molar-refractivity contribution in [1.29, 1.82) is 0 Å². The van der Waals surface area contributed by atoms with Crippen LogP contribution in [0.15, 0.2) is 10.7 Å². The SMILES string of the molecule is C[C@@H]([C@@H]1CCCN1C)n1nc(I)c2cnc(-c3noc4c3CCC[C@@]43CCCCC3=O)nc21. The van der Waals surface area contributed by atoms with Crippen LogP contribution in [0, 0.1) is 3.70 Å². The molecular formula is C24H29IN6O2. The second kappa shape index (κ2) is 8.11. The van der Waals surface area contributed by atoms with Gasteiger partial charge in [-0.15, -0.1) is 0 Å². The Hall–Kier alpha value is -1.88. The van der Waals surface area contributed by atoms with E-state index in [0.717, 1.165) is 71.1 Å². The van der Waals surface area contributed by atoms with Crippen molar-refractivity contribution in [3.63, 3.8) is 0 Å². The first-order valence-corrected chi connectivity index (χ1v) is 13.2. The average Bonchev–Trinajstić information content (AvgIpc) is 3.53. The van der Waals surface area contributed by atoms with Crippen LogP contribution in [0.5, 0.6) is 0 Å². The molecule has 0 bridgehead atoms. The number of ketones is 1. The lowest BCUT2D eigenvalue weighted by atomic mass is 9.64. The van der Waals surface area contributed by atoms with Gasteiger partial charge in [0.05, 0.1) is 16.8 Å². The van der Waals surface area contributed by atoms with Crippen molar-refractivity contribution in [2.45, 2.75) is 82.2 Å². The van der Waals surface area contributed by atoms with Crippen LogP contribution in [0.3, 0.4) is 0 Å². The highest BCUT2D eigenvalue weighted by Gasteiger charge is 2.48. The number of rotatable bonds is 3. The van der Waals surface area contributed by atoms with E-state index in [1.165, 1.54) is 12.8 Å². The van der Waals surface area contributed by atoms with E-state index < -0.39 is 5.41 Å². The standard InChI is InChI=1S/C24H29IN6O2/c1-14(17-8-6-12-30(17)2)31-23-16(21(25)28-31)13-26-22(27-23)19-15-7-5-11-24(20(15)33-29-19)10-4-3-9-18(24)32/h13-14,17H,3-12H2,1-2H3/t14-,17-,24+/m0/s1. The highest BCUT2D eigenvalue weighted by atomic mass is 127. The van der Waals surface area contributed by atoms with Crippen molar-refractivity contribution in [1.82, 2.24) is 29.8 Å². The van der Waals surface area contributed by atoms with Gasteiger partial charge in [-0.05, 0) is 88.1 Å². The fourth-order valence-corrected chi connectivity index (χ4v) is 6.98. The lowest BCUT2D eigenvalue weighted by Gasteiger charge is -2.36. The molecule has 174 valence electrons. The van der Waals surface area contributed by atoms with Gasteiger partial charge in [0, 0.05) is 24.2 Å². The van der Waals surface area contributed by atoms with Crippen LogP contribution in [-0.2, 0) is 16.6 Å². The molecule has 1 spiro atoms. The van der Waals surface area contributed by atoms with Gasteiger partial charge in [0.1, 0.15) is 9.48 Å². The third-order valence-electron chi connectivity index (χ3n) is 8.18. The van der Waals surface area contributed by atoms with Gasteiger partial charge in [-0.25, -0.2) is 14.6 Å². The number of hydrogen-bond donors (Lipinski definition) is 0. The molecule has 0 radical (unpaired) electrons. The molecule has 3 aromatic rings. The fraction of sp³-hybridized carbons (Fsp3) is 0.625. The Labute approximate surface area is 206 Å². The van der Waals surface area contributed by atoms with Crippen LogP contribution in [0.25, 0.3) is 22.6 Å². The van der Waals surface area contributed by atoms with E-state index in [1.807, 2.05) is 6.20 Å². The molecule has 33 heavy (non-hydrogen) atoms. The molecule has 2 aliphatic carbocycles. The summed E-state index contributed by atoms with van der Waals surface area (Å²) in [7, 11) is 2.19. The van der Waals surface area contributed by atoms with E-state index in [4.69, 9.17) is 14.6 Å². The van der Waals surface area contributed by atoms with Crippen molar-refractivity contribution >= 4 is 39.4 Å². The average molecular weight is 560 g/mol. The van der Waals surface area contributed by atoms with Crippen molar-refractivity contribution in [3.8, 4) is 11.5 Å². The lowest BCUT2D eigenvalue weighted by molar-refractivity contribution is -0.128. The molecule has 4 heterocycles. The number of aromatic nitrogens is 5. The van der Waals surface area contributed by atoms with Crippen LogP contribution in [0.4, 0.5) is 0 Å². The van der Waals surface area contributed by atoms with E-state index in [0.29, 0.717) is 29.8 Å². The Balaban J connectivity index is 1.43. The van der Waals surface area contributed by atoms with Crippen LogP contribution < -0.4 is 0 Å². The van der Waals surface area contributed by atoms with Gasteiger partial charge in [-0.1, -0.05) is 11.6 Å². The molecule has 0 unspecified atom stereocenters. The topological polar surface area (TPSA) is 89.9 Å². The minimum atomic E-state index is -0.486. The zero-order valence-corrected chi connectivity index (χ0v) is 21.3. The second-order valence-corrected chi connectivity index (χ2v) is 11.0. The number of hydrogen-bond acceptors (Lipinski definition) is 7. The molecule has 3 atom stereocenters. The van der Waals surface area contributed by atoms with E-state index in [1.54, 1.807) is 0 Å². The van der Waals surface area contributed by atoms with Crippen molar-refractivity contribution < 1.29 is 9.32 Å². The normalized spacial score (nSPS) is 26.9. The third kappa shape index (κ3) is 3.29. The Bertz CT molecular complexity index is 1240. The number of carbonyl (C=O) groups is 1. The van der Waals surface area contributed by atoms with Crippen molar-refractivity contribution in [2.75, 3.05) is 13.6 Å². The van der Waals surface area contributed by atoms with Gasteiger partial charge in [0.2, 0.25) is 0 Å². The highest BCUT2D eigenvalue weighted by Crippen LogP contribution is 2.47. The van der Waals surface area contributed by atoms with Crippen LogP contribution in [0.2, 0.25) is 0 Å². The fourth-order valence-electron chi connectivity index (χ4n) is 6.36. The summed E-state index contributed by atoms with van der Waals surface area (Å²) in [5.41, 5.74) is 2.08. The van der Waals surface area contributed by atoms with Gasteiger partial charge >= 0.3 is 0 Å². The smallest absolute Gasteiger partial charge is 0.184 e. The Morgan fingerprint density at radius 1 is 1.21 bits per heavy atom. The number of nitrogens with zero attached hydrogens (tertiary/aromatic N) is 6. The number of carbonyl (C=O) groups excluding carboxylic acids is 1. The molecule has 0 amide bonds. The minimum Gasteiger partial charge on any atom is -0.359 e. The molecule has 2 fully saturated rings. The lowest BCUT2D eigenvalue weighted by Crippen LogP contribution is -2.41. The molecule has 1 saturated heterocycles. The molecule has 3 aromatic heterocycles. The first-order valence-electron chi connectivity index (χ1n) is 12.1. The van der Waals surface area contributed by atoms with Gasteiger partial charge in [0.15, 0.2) is 22.9 Å². The largest absolute Gasteiger partial charge is 0.359 e. The molecule has 0 aromatic carbocycles. The minimum absolute atomic E-state index is 0.209. The number of fused-ring (bicyclic) bond motifs is 3. The summed E-state index contributed by atoms with van der Waals surface area (Å²) in [5, 5.41) is 10.2. The summed E-state index contributed by atoms with van der Waals surface area (Å²) in [4.78, 5) is 25.1. The first-order chi connectivity index (χ1) is 16.0. The second-order valence-electron chi connectivity index (χ2n) is 10.0. The summed E-state index contributed by atoms with van der Waals surface area (Å²) in [5.74, 6) is 1.66. The molecule has 9 heteroatoms. The van der Waals surface area contributed by atoms with Crippen LogP contribution in [0.1, 0.15) is 75.7 Å². The first kappa shape index (κ1) is 21.6. The van der Waals surface area contributed by atoms with E-state index in [-0.39, 0.29) is 6.04 Å². The predicted octanol–water partition coefficient (Wildman–Crippen LogP) is 4.46. The third-order valence-corrected chi connectivity index (χ3v) is 8.98. The predicted molar refractivity (Wildman–Crippen MR) is 132 cm³/mol. The molecule has 1 aliphatic heterocycles. The Morgan fingerprint density at radius 2 is 2.06 bits per heavy atom. The van der Waals surface area contributed by atoms with Gasteiger partial charge in [0.25, 0.3) is 0 Å². The zero-order chi connectivity index (χ0) is 22.7. The van der Waals surface area contributed by atoms with Crippen molar-refractivity contribution in [2.24, 2.45) is 0 Å². The zero-order valence-electron chi connectivity index (χ0n) is 19.2. The maximum Gasteiger partial charge on any atom is 0.184 e. The molecule has 8 nitrogen and oxygen atoms in total. The Kier molecular flexibility index (Phi) is 5.32. The van der Waals surface area contributed by atoms with E-state index >= 15 is 0 Å². The van der Waals surface area contributed by atoms with Crippen molar-refractivity contribution in [3.05, 3.63) is 21.2 Å². The maximum atomic E-state index is 13.0.